The Hall–Kier alpha value is -4.45. The minimum absolute atomic E-state index is 0.165. The number of pyridine rings is 1. The summed E-state index contributed by atoms with van der Waals surface area (Å²) in [4.78, 5) is 46.7. The number of nitrogens with zero attached hydrogens (tertiary/aromatic N) is 4. The Morgan fingerprint density at radius 2 is 1.93 bits per heavy atom. The van der Waals surface area contributed by atoms with Crippen LogP contribution in [0.1, 0.15) is 46.0 Å². The Balaban J connectivity index is 1.66. The maximum absolute atomic E-state index is 13.6. The number of aryl methyl sites for hydroxylation is 2. The molecule has 0 bridgehead atoms. The molecule has 4 rings (SSSR count). The molecule has 0 aliphatic carbocycles. The Bertz CT molecular complexity index is 1360. The highest BCUT2D eigenvalue weighted by molar-refractivity contribution is 6.07. The Kier molecular flexibility index (Phi) is 8.68. The zero-order valence-electron chi connectivity index (χ0n) is 23.2. The van der Waals surface area contributed by atoms with E-state index in [0.717, 1.165) is 0 Å². The van der Waals surface area contributed by atoms with Gasteiger partial charge in [0, 0.05) is 37.5 Å². The SMILES string of the molecule is Cc1noc(C)c1NC(=O)N(C)C[C@H]1Oc2c(NC(=O)c3ccncc3)cccc2C(=O)N([C@H](C)CO)C[C@H]1C. The molecule has 3 aromatic rings. The number of hydrogen-bond donors (Lipinski definition) is 3. The third-order valence-electron chi connectivity index (χ3n) is 6.95. The topological polar surface area (TPSA) is 150 Å². The highest BCUT2D eigenvalue weighted by Gasteiger charge is 2.35. The van der Waals surface area contributed by atoms with E-state index in [9.17, 15) is 19.5 Å². The van der Waals surface area contributed by atoms with Gasteiger partial charge in [-0.15, -0.1) is 0 Å². The van der Waals surface area contributed by atoms with Crippen molar-refractivity contribution in [3.05, 3.63) is 65.3 Å². The first-order chi connectivity index (χ1) is 19.1. The predicted octanol–water partition coefficient (Wildman–Crippen LogP) is 3.32. The van der Waals surface area contributed by atoms with Crippen molar-refractivity contribution in [2.24, 2.45) is 5.92 Å². The molecule has 0 radical (unpaired) electrons. The lowest BCUT2D eigenvalue weighted by molar-refractivity contribution is 0.0372. The number of likely N-dealkylation sites (N-methyl/N-ethyl adjacent to an activating group) is 1. The van der Waals surface area contributed by atoms with Crippen molar-refractivity contribution in [1.82, 2.24) is 19.9 Å². The van der Waals surface area contributed by atoms with Gasteiger partial charge in [0.15, 0.2) is 11.5 Å². The first kappa shape index (κ1) is 28.6. The van der Waals surface area contributed by atoms with E-state index in [1.54, 1.807) is 63.1 Å². The molecule has 2 aromatic heterocycles. The van der Waals surface area contributed by atoms with E-state index in [0.29, 0.717) is 28.4 Å². The standard InChI is InChI=1S/C28H34N6O6/c1-16-13-34(17(2)15-35)27(37)21-7-6-8-22(30-26(36)20-9-11-29-12-10-20)25(21)39-23(16)14-33(5)28(38)31-24-18(3)32-40-19(24)4/h6-12,16-17,23,35H,13-15H2,1-5H3,(H,30,36)(H,31,38)/t16-,17-,23-/m1/s1. The molecule has 4 amide bonds. The molecule has 12 heteroatoms. The number of benzene rings is 1. The van der Waals surface area contributed by atoms with E-state index in [2.05, 4.69) is 20.8 Å². The summed E-state index contributed by atoms with van der Waals surface area (Å²) in [6, 6.07) is 7.25. The van der Waals surface area contributed by atoms with Crippen LogP contribution in [0.15, 0.2) is 47.2 Å². The van der Waals surface area contributed by atoms with Crippen LogP contribution in [-0.2, 0) is 0 Å². The number of aliphatic hydroxyl groups excluding tert-OH is 1. The molecule has 0 fully saturated rings. The summed E-state index contributed by atoms with van der Waals surface area (Å²) in [6.07, 6.45) is 2.46. The van der Waals surface area contributed by atoms with Crippen LogP contribution in [0.25, 0.3) is 0 Å². The third-order valence-corrected chi connectivity index (χ3v) is 6.95. The van der Waals surface area contributed by atoms with Crippen molar-refractivity contribution in [2.75, 3.05) is 37.4 Å². The van der Waals surface area contributed by atoms with Crippen molar-refractivity contribution >= 4 is 29.2 Å². The zero-order chi connectivity index (χ0) is 29.0. The van der Waals surface area contributed by atoms with Crippen LogP contribution in [0.2, 0.25) is 0 Å². The second kappa shape index (κ2) is 12.2. The van der Waals surface area contributed by atoms with Gasteiger partial charge in [-0.25, -0.2) is 4.79 Å². The Labute approximate surface area is 232 Å². The fourth-order valence-corrected chi connectivity index (χ4v) is 4.47. The number of fused-ring (bicyclic) bond motifs is 1. The van der Waals surface area contributed by atoms with Gasteiger partial charge in [-0.05, 0) is 45.0 Å². The van der Waals surface area contributed by atoms with E-state index in [-0.39, 0.29) is 48.9 Å². The van der Waals surface area contributed by atoms with Gasteiger partial charge in [-0.2, -0.15) is 0 Å². The number of carbonyl (C=O) groups is 3. The maximum Gasteiger partial charge on any atom is 0.321 e. The number of aliphatic hydroxyl groups is 1. The number of carbonyl (C=O) groups excluding carboxylic acids is 3. The smallest absolute Gasteiger partial charge is 0.321 e. The molecular weight excluding hydrogens is 516 g/mol. The number of rotatable bonds is 7. The zero-order valence-corrected chi connectivity index (χ0v) is 23.2. The monoisotopic (exact) mass is 550 g/mol. The summed E-state index contributed by atoms with van der Waals surface area (Å²) in [5, 5.41) is 19.4. The van der Waals surface area contributed by atoms with E-state index in [1.165, 1.54) is 17.3 Å². The molecule has 3 atom stereocenters. The third kappa shape index (κ3) is 6.07. The summed E-state index contributed by atoms with van der Waals surface area (Å²) in [7, 11) is 1.64. The van der Waals surface area contributed by atoms with Gasteiger partial charge in [0.2, 0.25) is 0 Å². The van der Waals surface area contributed by atoms with Gasteiger partial charge < -0.3 is 34.8 Å². The normalized spacial score (nSPS) is 17.6. The highest BCUT2D eigenvalue weighted by atomic mass is 16.5. The lowest BCUT2D eigenvalue weighted by Gasteiger charge is -2.38. The molecule has 1 aliphatic heterocycles. The van der Waals surface area contributed by atoms with Gasteiger partial charge in [-0.3, -0.25) is 14.6 Å². The van der Waals surface area contributed by atoms with E-state index >= 15 is 0 Å². The lowest BCUT2D eigenvalue weighted by atomic mass is 9.99. The summed E-state index contributed by atoms with van der Waals surface area (Å²) in [5.74, 6) is -0.280. The minimum atomic E-state index is -0.570. The number of anilines is 2. The number of amides is 4. The van der Waals surface area contributed by atoms with Crippen LogP contribution in [0.5, 0.6) is 5.75 Å². The molecule has 40 heavy (non-hydrogen) atoms. The molecular formula is C28H34N6O6. The predicted molar refractivity (Wildman–Crippen MR) is 147 cm³/mol. The van der Waals surface area contributed by atoms with Gasteiger partial charge >= 0.3 is 6.03 Å². The van der Waals surface area contributed by atoms with Crippen LogP contribution in [0, 0.1) is 19.8 Å². The average molecular weight is 551 g/mol. The Morgan fingerprint density at radius 1 is 1.20 bits per heavy atom. The molecule has 12 nitrogen and oxygen atoms in total. The van der Waals surface area contributed by atoms with E-state index in [4.69, 9.17) is 9.26 Å². The highest BCUT2D eigenvalue weighted by Crippen LogP contribution is 2.35. The van der Waals surface area contributed by atoms with Crippen molar-refractivity contribution < 1.29 is 28.8 Å². The van der Waals surface area contributed by atoms with Gasteiger partial charge in [0.25, 0.3) is 11.8 Å². The summed E-state index contributed by atoms with van der Waals surface area (Å²) < 4.78 is 11.6. The molecule has 0 saturated heterocycles. The largest absolute Gasteiger partial charge is 0.485 e. The molecule has 3 N–H and O–H groups in total. The van der Waals surface area contributed by atoms with Crippen molar-refractivity contribution in [3.63, 3.8) is 0 Å². The second-order valence-corrected chi connectivity index (χ2v) is 10.0. The van der Waals surface area contributed by atoms with Crippen molar-refractivity contribution in [3.8, 4) is 5.75 Å². The summed E-state index contributed by atoms with van der Waals surface area (Å²) in [6.45, 7) is 7.35. The number of ether oxygens (including phenoxy) is 1. The maximum atomic E-state index is 13.6. The first-order valence-electron chi connectivity index (χ1n) is 13.0. The molecule has 1 aromatic carbocycles. The first-order valence-corrected chi connectivity index (χ1v) is 13.0. The van der Waals surface area contributed by atoms with Crippen LogP contribution in [-0.4, -0.2) is 81.8 Å². The van der Waals surface area contributed by atoms with Gasteiger partial charge in [0.1, 0.15) is 17.5 Å². The molecule has 0 spiro atoms. The molecule has 0 unspecified atom stereocenters. The molecule has 0 saturated carbocycles. The number of aromatic nitrogens is 2. The van der Waals surface area contributed by atoms with Gasteiger partial charge in [0.05, 0.1) is 30.4 Å². The van der Waals surface area contributed by atoms with Crippen LogP contribution in [0.3, 0.4) is 0 Å². The summed E-state index contributed by atoms with van der Waals surface area (Å²) in [5.41, 5.74) is 2.01. The van der Waals surface area contributed by atoms with Gasteiger partial charge in [-0.1, -0.05) is 18.1 Å². The summed E-state index contributed by atoms with van der Waals surface area (Å²) >= 11 is 0. The molecule has 3 heterocycles. The fraction of sp³-hybridized carbons (Fsp3) is 0.393. The average Bonchev–Trinajstić information content (AvgIpc) is 3.27. The van der Waals surface area contributed by atoms with E-state index in [1.807, 2.05) is 6.92 Å². The number of nitrogens with one attached hydrogen (secondary N) is 2. The van der Waals surface area contributed by atoms with Crippen LogP contribution >= 0.6 is 0 Å². The second-order valence-electron chi connectivity index (χ2n) is 10.0. The van der Waals surface area contributed by atoms with Crippen LogP contribution in [0.4, 0.5) is 16.2 Å². The number of hydrogen-bond acceptors (Lipinski definition) is 8. The van der Waals surface area contributed by atoms with Crippen molar-refractivity contribution in [2.45, 2.75) is 39.8 Å². The fourth-order valence-electron chi connectivity index (χ4n) is 4.47. The minimum Gasteiger partial charge on any atom is -0.485 e. The van der Waals surface area contributed by atoms with E-state index < -0.39 is 18.1 Å². The lowest BCUT2D eigenvalue weighted by Crippen LogP contribution is -2.50. The Morgan fingerprint density at radius 3 is 2.58 bits per heavy atom. The number of para-hydroxylation sites is 1. The molecule has 212 valence electrons. The quantitative estimate of drug-likeness (QED) is 0.405. The van der Waals surface area contributed by atoms with Crippen molar-refractivity contribution in [1.29, 1.82) is 0 Å². The number of urea groups is 1. The molecule has 1 aliphatic rings. The van der Waals surface area contributed by atoms with Crippen LogP contribution < -0.4 is 15.4 Å².